The Balaban J connectivity index is 2.18. The second-order valence-corrected chi connectivity index (χ2v) is 8.42. The molecular formula is C25H28ClNO4. The minimum absolute atomic E-state index is 0.0496. The number of ether oxygens (including phenoxy) is 1. The zero-order valence-corrected chi connectivity index (χ0v) is 19.1. The van der Waals surface area contributed by atoms with Gasteiger partial charge in [0.25, 0.3) is 11.7 Å². The van der Waals surface area contributed by atoms with Crippen LogP contribution in [0.2, 0.25) is 5.02 Å². The van der Waals surface area contributed by atoms with Crippen LogP contribution < -0.4 is 4.74 Å². The second kappa shape index (κ2) is 9.56. The van der Waals surface area contributed by atoms with Crippen LogP contribution in [-0.2, 0) is 9.59 Å². The minimum Gasteiger partial charge on any atom is -0.507 e. The van der Waals surface area contributed by atoms with Gasteiger partial charge in [-0.25, -0.2) is 0 Å². The highest BCUT2D eigenvalue weighted by molar-refractivity contribution is 6.47. The van der Waals surface area contributed by atoms with Crippen molar-refractivity contribution in [2.45, 2.75) is 45.6 Å². The Morgan fingerprint density at radius 3 is 2.42 bits per heavy atom. The number of hydrogen-bond acceptors (Lipinski definition) is 4. The smallest absolute Gasteiger partial charge is 0.295 e. The Hall–Kier alpha value is -2.79. The number of carbonyl (C=O) groups is 2. The van der Waals surface area contributed by atoms with Crippen LogP contribution in [0.4, 0.5) is 0 Å². The maximum Gasteiger partial charge on any atom is 0.295 e. The normalized spacial score (nSPS) is 18.1. The van der Waals surface area contributed by atoms with E-state index in [2.05, 4.69) is 13.8 Å². The van der Waals surface area contributed by atoms with Crippen molar-refractivity contribution in [1.29, 1.82) is 0 Å². The van der Waals surface area contributed by atoms with Crippen LogP contribution in [0.15, 0.2) is 48.0 Å². The van der Waals surface area contributed by atoms with E-state index < -0.39 is 17.7 Å². The van der Waals surface area contributed by atoms with E-state index in [9.17, 15) is 14.7 Å². The molecule has 3 rings (SSSR count). The van der Waals surface area contributed by atoms with E-state index in [1.54, 1.807) is 23.1 Å². The molecule has 6 heteroatoms. The van der Waals surface area contributed by atoms with Gasteiger partial charge in [0.2, 0.25) is 0 Å². The third-order valence-corrected chi connectivity index (χ3v) is 5.97. The number of aliphatic hydroxyl groups is 1. The van der Waals surface area contributed by atoms with Gasteiger partial charge in [0.15, 0.2) is 0 Å². The lowest BCUT2D eigenvalue weighted by atomic mass is 9.93. The number of Topliss-reactive ketones (excluding diaryl/α,β-unsaturated/α-hetero) is 1. The van der Waals surface area contributed by atoms with Crippen molar-refractivity contribution < 1.29 is 19.4 Å². The van der Waals surface area contributed by atoms with E-state index in [4.69, 9.17) is 16.3 Å². The van der Waals surface area contributed by atoms with Crippen LogP contribution in [0.1, 0.15) is 62.3 Å². The van der Waals surface area contributed by atoms with Crippen molar-refractivity contribution in [1.82, 2.24) is 4.90 Å². The number of rotatable bonds is 7. The first-order valence-electron chi connectivity index (χ1n) is 10.5. The van der Waals surface area contributed by atoms with Gasteiger partial charge in [-0.05, 0) is 41.7 Å². The predicted molar refractivity (Wildman–Crippen MR) is 122 cm³/mol. The molecule has 1 fully saturated rings. The van der Waals surface area contributed by atoms with Gasteiger partial charge in [0, 0.05) is 12.1 Å². The fraction of sp³-hybridized carbons (Fsp3) is 0.360. The molecule has 0 radical (unpaired) electrons. The molecule has 1 heterocycles. The van der Waals surface area contributed by atoms with E-state index >= 15 is 0 Å². The van der Waals surface area contributed by atoms with Crippen LogP contribution >= 0.6 is 11.6 Å². The van der Waals surface area contributed by atoms with E-state index in [1.807, 2.05) is 31.2 Å². The molecule has 1 amide bonds. The standard InChI is InChI=1S/C25H28ClNO4/c1-5-6-13-27-22(17-9-7-16(8-10-17)15(2)3)21(24(29)25(27)30)23(28)19-14-18(31-4)11-12-20(19)26/h7-12,14-15,22,28H,5-6,13H2,1-4H3/b23-21+. The number of ketones is 1. The summed E-state index contributed by atoms with van der Waals surface area (Å²) in [5, 5.41) is 11.4. The predicted octanol–water partition coefficient (Wildman–Crippen LogP) is 5.69. The van der Waals surface area contributed by atoms with E-state index in [1.165, 1.54) is 7.11 Å². The van der Waals surface area contributed by atoms with Crippen LogP contribution in [-0.4, -0.2) is 35.4 Å². The Morgan fingerprint density at radius 1 is 1.16 bits per heavy atom. The fourth-order valence-corrected chi connectivity index (χ4v) is 4.01. The zero-order chi connectivity index (χ0) is 22.7. The van der Waals surface area contributed by atoms with E-state index in [0.717, 1.165) is 24.0 Å². The molecule has 1 aliphatic heterocycles. The largest absolute Gasteiger partial charge is 0.507 e. The van der Waals surface area contributed by atoms with E-state index in [-0.39, 0.29) is 21.9 Å². The van der Waals surface area contributed by atoms with Gasteiger partial charge in [-0.15, -0.1) is 0 Å². The van der Waals surface area contributed by atoms with Gasteiger partial charge >= 0.3 is 0 Å². The molecule has 31 heavy (non-hydrogen) atoms. The Morgan fingerprint density at radius 2 is 1.84 bits per heavy atom. The number of unbranched alkanes of at least 4 members (excludes halogenated alkanes) is 1. The molecule has 0 bridgehead atoms. The molecule has 0 aliphatic carbocycles. The summed E-state index contributed by atoms with van der Waals surface area (Å²) >= 11 is 6.32. The van der Waals surface area contributed by atoms with Gasteiger partial charge in [-0.3, -0.25) is 9.59 Å². The highest BCUT2D eigenvalue weighted by atomic mass is 35.5. The summed E-state index contributed by atoms with van der Waals surface area (Å²) in [6.07, 6.45) is 1.64. The van der Waals surface area contributed by atoms with Crippen molar-refractivity contribution in [2.24, 2.45) is 0 Å². The Bertz CT molecular complexity index is 1010. The summed E-state index contributed by atoms with van der Waals surface area (Å²) in [5.41, 5.74) is 2.25. The average molecular weight is 442 g/mol. The first kappa shape index (κ1) is 22.9. The van der Waals surface area contributed by atoms with Crippen molar-refractivity contribution in [3.05, 3.63) is 69.8 Å². The molecule has 0 aromatic heterocycles. The number of carbonyl (C=O) groups excluding carboxylic acids is 2. The summed E-state index contributed by atoms with van der Waals surface area (Å²) in [7, 11) is 1.51. The van der Waals surface area contributed by atoms with Gasteiger partial charge in [-0.1, -0.05) is 63.1 Å². The summed E-state index contributed by atoms with van der Waals surface area (Å²) in [4.78, 5) is 27.5. The van der Waals surface area contributed by atoms with Crippen LogP contribution in [0.5, 0.6) is 5.75 Å². The monoisotopic (exact) mass is 441 g/mol. The molecule has 1 aliphatic rings. The van der Waals surface area contributed by atoms with Crippen molar-refractivity contribution >= 4 is 29.1 Å². The average Bonchev–Trinajstić information content (AvgIpc) is 3.02. The number of nitrogens with zero attached hydrogens (tertiary/aromatic N) is 1. The van der Waals surface area contributed by atoms with Crippen LogP contribution in [0.3, 0.4) is 0 Å². The second-order valence-electron chi connectivity index (χ2n) is 8.01. The number of aliphatic hydroxyl groups excluding tert-OH is 1. The molecule has 1 unspecified atom stereocenters. The number of methoxy groups -OCH3 is 1. The van der Waals surface area contributed by atoms with Gasteiger partial charge in [-0.2, -0.15) is 0 Å². The number of halogens is 1. The number of benzene rings is 2. The first-order valence-corrected chi connectivity index (χ1v) is 10.9. The Kier molecular flexibility index (Phi) is 7.06. The molecule has 5 nitrogen and oxygen atoms in total. The lowest BCUT2D eigenvalue weighted by molar-refractivity contribution is -0.139. The molecule has 2 aromatic carbocycles. The van der Waals surface area contributed by atoms with Crippen LogP contribution in [0, 0.1) is 0 Å². The molecule has 1 saturated heterocycles. The van der Waals surface area contributed by atoms with Crippen LogP contribution in [0.25, 0.3) is 5.76 Å². The van der Waals surface area contributed by atoms with Gasteiger partial charge in [0.05, 0.1) is 23.7 Å². The maximum absolute atomic E-state index is 13.0. The molecule has 1 N–H and O–H groups in total. The zero-order valence-electron chi connectivity index (χ0n) is 18.3. The van der Waals surface area contributed by atoms with Gasteiger partial charge in [0.1, 0.15) is 11.5 Å². The lowest BCUT2D eigenvalue weighted by Crippen LogP contribution is -2.30. The summed E-state index contributed by atoms with van der Waals surface area (Å²) in [6.45, 7) is 6.67. The molecular weight excluding hydrogens is 414 g/mol. The SMILES string of the molecule is CCCCN1C(=O)C(=O)/C(=C(/O)c2cc(OC)ccc2Cl)C1c1ccc(C(C)C)cc1. The highest BCUT2D eigenvalue weighted by Gasteiger charge is 2.45. The van der Waals surface area contributed by atoms with Crippen molar-refractivity contribution in [3.8, 4) is 5.75 Å². The molecule has 164 valence electrons. The summed E-state index contributed by atoms with van der Waals surface area (Å²) in [5.74, 6) is -0.753. The number of hydrogen-bond donors (Lipinski definition) is 1. The third kappa shape index (κ3) is 4.47. The molecule has 0 spiro atoms. The molecule has 2 aromatic rings. The molecule has 0 saturated carbocycles. The highest BCUT2D eigenvalue weighted by Crippen LogP contribution is 2.41. The summed E-state index contributed by atoms with van der Waals surface area (Å²) in [6, 6.07) is 12.0. The van der Waals surface area contributed by atoms with E-state index in [0.29, 0.717) is 18.2 Å². The maximum atomic E-state index is 13.0. The van der Waals surface area contributed by atoms with Crippen molar-refractivity contribution in [2.75, 3.05) is 13.7 Å². The third-order valence-electron chi connectivity index (χ3n) is 5.64. The number of amides is 1. The Labute approximate surface area is 188 Å². The van der Waals surface area contributed by atoms with Crippen molar-refractivity contribution in [3.63, 3.8) is 0 Å². The van der Waals surface area contributed by atoms with Gasteiger partial charge < -0.3 is 14.7 Å². The minimum atomic E-state index is -0.703. The number of likely N-dealkylation sites (tertiary alicyclic amines) is 1. The lowest BCUT2D eigenvalue weighted by Gasteiger charge is -2.25. The summed E-state index contributed by atoms with van der Waals surface area (Å²) < 4.78 is 5.24. The molecule has 1 atom stereocenters. The topological polar surface area (TPSA) is 66.8 Å². The first-order chi connectivity index (χ1) is 14.8. The fourth-order valence-electron chi connectivity index (χ4n) is 3.81. The quantitative estimate of drug-likeness (QED) is 0.340.